The Kier molecular flexibility index (Phi) is 5.99. The molecule has 5 rings (SSSR count). The van der Waals surface area contributed by atoms with Crippen LogP contribution in [0, 0.1) is 5.82 Å². The van der Waals surface area contributed by atoms with Gasteiger partial charge in [-0.05, 0) is 67.8 Å². The zero-order valence-electron chi connectivity index (χ0n) is 18.5. The molecular formula is C27H29FN2O2. The van der Waals surface area contributed by atoms with E-state index in [0.29, 0.717) is 12.6 Å². The Labute approximate surface area is 189 Å². The number of benzene rings is 3. The van der Waals surface area contributed by atoms with Gasteiger partial charge in [0, 0.05) is 24.7 Å². The Morgan fingerprint density at radius 3 is 2.72 bits per heavy atom. The largest absolute Gasteiger partial charge is 0.497 e. The molecule has 2 heterocycles. The summed E-state index contributed by atoms with van der Waals surface area (Å²) in [6, 6.07) is 21.9. The van der Waals surface area contributed by atoms with Crippen molar-refractivity contribution in [2.45, 2.75) is 31.9 Å². The van der Waals surface area contributed by atoms with E-state index in [9.17, 15) is 4.39 Å². The molecule has 0 radical (unpaired) electrons. The minimum absolute atomic E-state index is 0.212. The Balaban J connectivity index is 1.36. The Hall–Kier alpha value is -3.05. The van der Waals surface area contributed by atoms with Gasteiger partial charge in [0.15, 0.2) is 0 Å². The Bertz CT molecular complexity index is 1070. The van der Waals surface area contributed by atoms with E-state index in [1.54, 1.807) is 13.2 Å². The van der Waals surface area contributed by atoms with Crippen LogP contribution in [-0.4, -0.2) is 37.7 Å². The van der Waals surface area contributed by atoms with Crippen molar-refractivity contribution < 1.29 is 13.9 Å². The number of methoxy groups -OCH3 is 1. The molecule has 1 unspecified atom stereocenters. The first-order valence-electron chi connectivity index (χ1n) is 11.4. The SMILES string of the molecule is COc1ccc(CCN2CCCC2CN2c3cc(F)ccc3COc3ccccc32)cc1. The molecule has 5 heteroatoms. The van der Waals surface area contributed by atoms with E-state index >= 15 is 0 Å². The number of anilines is 2. The topological polar surface area (TPSA) is 24.9 Å². The third-order valence-corrected chi connectivity index (χ3v) is 6.62. The molecule has 4 nitrogen and oxygen atoms in total. The van der Waals surface area contributed by atoms with Crippen molar-refractivity contribution in [2.24, 2.45) is 0 Å². The fourth-order valence-corrected chi connectivity index (χ4v) is 4.87. The number of halogens is 1. The quantitative estimate of drug-likeness (QED) is 0.508. The molecule has 2 aliphatic heterocycles. The molecule has 0 aliphatic carbocycles. The number of rotatable bonds is 6. The lowest BCUT2D eigenvalue weighted by molar-refractivity contribution is 0.261. The number of fused-ring (bicyclic) bond motifs is 2. The van der Waals surface area contributed by atoms with Crippen molar-refractivity contribution in [3.8, 4) is 11.5 Å². The number of hydrogen-bond acceptors (Lipinski definition) is 4. The highest BCUT2D eigenvalue weighted by atomic mass is 19.1. The second-order valence-electron chi connectivity index (χ2n) is 8.57. The second kappa shape index (κ2) is 9.21. The van der Waals surface area contributed by atoms with Crippen LogP contribution < -0.4 is 14.4 Å². The maximum atomic E-state index is 14.2. The molecule has 0 spiro atoms. The van der Waals surface area contributed by atoms with E-state index in [-0.39, 0.29) is 5.82 Å². The number of hydrogen-bond donors (Lipinski definition) is 0. The third kappa shape index (κ3) is 4.30. The number of para-hydroxylation sites is 2. The Morgan fingerprint density at radius 1 is 1.03 bits per heavy atom. The van der Waals surface area contributed by atoms with Gasteiger partial charge in [-0.15, -0.1) is 0 Å². The highest BCUT2D eigenvalue weighted by Crippen LogP contribution is 2.40. The van der Waals surface area contributed by atoms with Crippen LogP contribution in [0.4, 0.5) is 15.8 Å². The van der Waals surface area contributed by atoms with Crippen molar-refractivity contribution >= 4 is 11.4 Å². The van der Waals surface area contributed by atoms with Gasteiger partial charge in [0.25, 0.3) is 0 Å². The molecule has 0 bridgehead atoms. The van der Waals surface area contributed by atoms with Crippen LogP contribution in [0.2, 0.25) is 0 Å². The molecule has 0 amide bonds. The molecule has 1 fully saturated rings. The van der Waals surface area contributed by atoms with Gasteiger partial charge < -0.3 is 14.4 Å². The first-order valence-corrected chi connectivity index (χ1v) is 11.4. The van der Waals surface area contributed by atoms with E-state index in [2.05, 4.69) is 28.0 Å². The van der Waals surface area contributed by atoms with Crippen LogP contribution in [0.3, 0.4) is 0 Å². The predicted molar refractivity (Wildman–Crippen MR) is 125 cm³/mol. The number of nitrogens with zero attached hydrogens (tertiary/aromatic N) is 2. The Morgan fingerprint density at radius 2 is 1.88 bits per heavy atom. The second-order valence-corrected chi connectivity index (χ2v) is 8.57. The predicted octanol–water partition coefficient (Wildman–Crippen LogP) is 5.57. The van der Waals surface area contributed by atoms with Crippen molar-refractivity contribution in [3.63, 3.8) is 0 Å². The number of ether oxygens (including phenoxy) is 2. The summed E-state index contributed by atoms with van der Waals surface area (Å²) in [5.74, 6) is 1.53. The highest BCUT2D eigenvalue weighted by molar-refractivity contribution is 5.73. The van der Waals surface area contributed by atoms with E-state index in [0.717, 1.165) is 60.9 Å². The molecule has 1 atom stereocenters. The van der Waals surface area contributed by atoms with Crippen LogP contribution in [0.5, 0.6) is 11.5 Å². The van der Waals surface area contributed by atoms with Gasteiger partial charge in [-0.2, -0.15) is 0 Å². The standard InChI is InChI=1S/C27H29FN2O2/c1-31-24-12-8-20(9-13-24)14-16-29-15-4-5-23(29)18-30-25-6-2-3-7-27(25)32-19-21-10-11-22(28)17-26(21)30/h2-3,6-13,17,23H,4-5,14-16,18-19H2,1H3. The monoisotopic (exact) mass is 432 g/mol. The summed E-state index contributed by atoms with van der Waals surface area (Å²) in [5.41, 5.74) is 4.26. The molecule has 0 saturated carbocycles. The molecule has 0 N–H and O–H groups in total. The van der Waals surface area contributed by atoms with Gasteiger partial charge in [0.2, 0.25) is 0 Å². The van der Waals surface area contributed by atoms with E-state index in [4.69, 9.17) is 9.47 Å². The normalized spacial score (nSPS) is 17.9. The van der Waals surface area contributed by atoms with Crippen LogP contribution in [0.15, 0.2) is 66.7 Å². The van der Waals surface area contributed by atoms with Crippen LogP contribution in [-0.2, 0) is 13.0 Å². The summed E-state index contributed by atoms with van der Waals surface area (Å²) in [4.78, 5) is 4.84. The van der Waals surface area contributed by atoms with E-state index < -0.39 is 0 Å². The van der Waals surface area contributed by atoms with Gasteiger partial charge >= 0.3 is 0 Å². The van der Waals surface area contributed by atoms with Crippen LogP contribution in [0.25, 0.3) is 0 Å². The summed E-state index contributed by atoms with van der Waals surface area (Å²) in [7, 11) is 1.69. The molecular weight excluding hydrogens is 403 g/mol. The lowest BCUT2D eigenvalue weighted by Crippen LogP contribution is -2.39. The summed E-state index contributed by atoms with van der Waals surface area (Å²) in [5, 5.41) is 0. The van der Waals surface area contributed by atoms with Crippen molar-refractivity contribution in [3.05, 3.63) is 83.7 Å². The van der Waals surface area contributed by atoms with Gasteiger partial charge in [-0.3, -0.25) is 4.90 Å². The average molecular weight is 433 g/mol. The van der Waals surface area contributed by atoms with Gasteiger partial charge in [-0.1, -0.05) is 30.3 Å². The van der Waals surface area contributed by atoms with Gasteiger partial charge in [0.05, 0.1) is 18.5 Å². The lowest BCUT2D eigenvalue weighted by Gasteiger charge is -2.32. The van der Waals surface area contributed by atoms with Crippen molar-refractivity contribution in [2.75, 3.05) is 31.6 Å². The molecule has 2 aliphatic rings. The van der Waals surface area contributed by atoms with Gasteiger partial charge in [0.1, 0.15) is 23.9 Å². The molecule has 0 aromatic heterocycles. The minimum atomic E-state index is -0.212. The first-order chi connectivity index (χ1) is 15.7. The minimum Gasteiger partial charge on any atom is -0.497 e. The van der Waals surface area contributed by atoms with E-state index in [1.807, 2.05) is 36.4 Å². The smallest absolute Gasteiger partial charge is 0.143 e. The summed E-state index contributed by atoms with van der Waals surface area (Å²) in [6.07, 6.45) is 3.34. The van der Waals surface area contributed by atoms with Crippen LogP contribution >= 0.6 is 0 Å². The highest BCUT2D eigenvalue weighted by Gasteiger charge is 2.30. The van der Waals surface area contributed by atoms with E-state index in [1.165, 1.54) is 18.1 Å². The summed E-state index contributed by atoms with van der Waals surface area (Å²) < 4.78 is 25.6. The average Bonchev–Trinajstić information content (AvgIpc) is 3.21. The summed E-state index contributed by atoms with van der Waals surface area (Å²) >= 11 is 0. The zero-order chi connectivity index (χ0) is 21.9. The fraction of sp³-hybridized carbons (Fsp3) is 0.333. The molecule has 32 heavy (non-hydrogen) atoms. The van der Waals surface area contributed by atoms with Crippen molar-refractivity contribution in [1.29, 1.82) is 0 Å². The zero-order valence-corrected chi connectivity index (χ0v) is 18.5. The molecule has 1 saturated heterocycles. The summed E-state index contributed by atoms with van der Waals surface area (Å²) in [6.45, 7) is 3.39. The van der Waals surface area contributed by atoms with Crippen molar-refractivity contribution in [1.82, 2.24) is 4.90 Å². The maximum absolute atomic E-state index is 14.2. The maximum Gasteiger partial charge on any atom is 0.143 e. The fourth-order valence-electron chi connectivity index (χ4n) is 4.87. The number of likely N-dealkylation sites (tertiary alicyclic amines) is 1. The molecule has 166 valence electrons. The molecule has 3 aromatic rings. The first kappa shape index (κ1) is 20.8. The molecule has 3 aromatic carbocycles. The van der Waals surface area contributed by atoms with Gasteiger partial charge in [-0.25, -0.2) is 4.39 Å². The van der Waals surface area contributed by atoms with Crippen LogP contribution in [0.1, 0.15) is 24.0 Å². The third-order valence-electron chi connectivity index (χ3n) is 6.62. The lowest BCUT2D eigenvalue weighted by atomic mass is 10.1.